The first-order valence-corrected chi connectivity index (χ1v) is 8.48. The molecule has 0 fully saturated rings. The summed E-state index contributed by atoms with van der Waals surface area (Å²) < 4.78 is 1.07. The summed E-state index contributed by atoms with van der Waals surface area (Å²) in [6.45, 7) is 0. The van der Waals surface area contributed by atoms with Crippen LogP contribution in [0.1, 0.15) is 11.1 Å². The van der Waals surface area contributed by atoms with Gasteiger partial charge >= 0.3 is 0 Å². The van der Waals surface area contributed by atoms with E-state index in [1.54, 1.807) is 12.1 Å². The molecule has 10 nitrogen and oxygen atoms in total. The molecule has 0 spiro atoms. The van der Waals surface area contributed by atoms with E-state index in [0.717, 1.165) is 21.6 Å². The topological polar surface area (TPSA) is 148 Å². The van der Waals surface area contributed by atoms with Crippen molar-refractivity contribution < 1.29 is 10.4 Å². The molecule has 0 unspecified atom stereocenters. The van der Waals surface area contributed by atoms with Gasteiger partial charge in [-0.3, -0.25) is 0 Å². The van der Waals surface area contributed by atoms with E-state index in [1.807, 2.05) is 12.1 Å². The Kier molecular flexibility index (Phi) is 5.92. The van der Waals surface area contributed by atoms with Crippen LogP contribution in [0.3, 0.4) is 0 Å². The van der Waals surface area contributed by atoms with Gasteiger partial charge < -0.3 is 10.4 Å². The SMILES string of the molecule is C#CN=c1c(C#N)cnc(SSc2ncc(C#N)c(=NC#C)n2O)n1O. The second-order valence-electron chi connectivity index (χ2n) is 4.05. The number of aromatic nitrogens is 4. The summed E-state index contributed by atoms with van der Waals surface area (Å²) >= 11 is 0. The third kappa shape index (κ3) is 3.63. The van der Waals surface area contributed by atoms with E-state index in [0.29, 0.717) is 9.46 Å². The highest BCUT2D eigenvalue weighted by atomic mass is 33.1. The predicted octanol–water partition coefficient (Wildman–Crippen LogP) is 0.0798. The van der Waals surface area contributed by atoms with Gasteiger partial charge in [0.2, 0.25) is 10.3 Å². The zero-order valence-corrected chi connectivity index (χ0v) is 14.2. The quantitative estimate of drug-likeness (QED) is 0.328. The lowest BCUT2D eigenvalue weighted by Crippen LogP contribution is -2.25. The fourth-order valence-electron chi connectivity index (χ4n) is 1.56. The second kappa shape index (κ2) is 8.32. The normalized spacial score (nSPS) is 11.2. The van der Waals surface area contributed by atoms with Gasteiger partial charge in [0.25, 0.3) is 0 Å². The molecule has 0 saturated carbocycles. The molecule has 0 amide bonds. The Morgan fingerprint density at radius 3 is 1.58 bits per heavy atom. The fraction of sp³-hybridized carbons (Fsp3) is 0. The van der Waals surface area contributed by atoms with Crippen LogP contribution < -0.4 is 11.0 Å². The van der Waals surface area contributed by atoms with Gasteiger partial charge in [0.05, 0.1) is 12.4 Å². The lowest BCUT2D eigenvalue weighted by Gasteiger charge is -2.08. The van der Waals surface area contributed by atoms with Gasteiger partial charge in [-0.2, -0.15) is 20.5 Å². The number of nitriles is 2. The minimum Gasteiger partial charge on any atom is -0.424 e. The monoisotopic (exact) mass is 382 g/mol. The average molecular weight is 382 g/mol. The van der Waals surface area contributed by atoms with E-state index >= 15 is 0 Å². The van der Waals surface area contributed by atoms with Crippen LogP contribution in [0.15, 0.2) is 32.7 Å². The molecule has 2 aromatic heterocycles. The number of hydrogen-bond acceptors (Lipinski definition) is 10. The van der Waals surface area contributed by atoms with Crippen molar-refractivity contribution in [1.82, 2.24) is 19.4 Å². The van der Waals surface area contributed by atoms with E-state index in [-0.39, 0.29) is 32.4 Å². The minimum absolute atomic E-state index is 0.00426. The van der Waals surface area contributed by atoms with Gasteiger partial charge in [-0.15, -0.1) is 9.46 Å². The Bertz CT molecular complexity index is 1070. The van der Waals surface area contributed by atoms with Gasteiger partial charge in [0.15, 0.2) is 11.0 Å². The lowest BCUT2D eigenvalue weighted by atomic mass is 10.4. The molecule has 0 aliphatic heterocycles. The first kappa shape index (κ1) is 18.5. The molecule has 0 aromatic carbocycles. The Morgan fingerprint density at radius 2 is 1.27 bits per heavy atom. The number of hydrogen-bond donors (Lipinski definition) is 2. The summed E-state index contributed by atoms with van der Waals surface area (Å²) in [7, 11) is 1.75. The zero-order chi connectivity index (χ0) is 19.1. The molecule has 2 aromatic rings. The van der Waals surface area contributed by atoms with Crippen molar-refractivity contribution in [3.05, 3.63) is 34.5 Å². The molecule has 26 heavy (non-hydrogen) atoms. The highest BCUT2D eigenvalue weighted by Gasteiger charge is 2.13. The van der Waals surface area contributed by atoms with Crippen LogP contribution in [0.5, 0.6) is 0 Å². The summed E-state index contributed by atoms with van der Waals surface area (Å²) in [4.78, 5) is 15.0. The van der Waals surface area contributed by atoms with Crippen molar-refractivity contribution in [2.75, 3.05) is 0 Å². The predicted molar refractivity (Wildman–Crippen MR) is 88.8 cm³/mol. The van der Waals surface area contributed by atoms with E-state index in [1.165, 1.54) is 12.4 Å². The van der Waals surface area contributed by atoms with Gasteiger partial charge in [0, 0.05) is 12.1 Å². The van der Waals surface area contributed by atoms with Crippen molar-refractivity contribution in [2.24, 2.45) is 9.98 Å². The third-order valence-electron chi connectivity index (χ3n) is 2.63. The Labute approximate surface area is 154 Å². The van der Waals surface area contributed by atoms with E-state index in [2.05, 4.69) is 20.0 Å². The van der Waals surface area contributed by atoms with Crippen LogP contribution in [0, 0.1) is 47.6 Å². The Hall–Kier alpha value is -3.84. The average Bonchev–Trinajstić information content (AvgIpc) is 2.65. The van der Waals surface area contributed by atoms with E-state index in [4.69, 9.17) is 23.4 Å². The third-order valence-corrected chi connectivity index (χ3v) is 4.71. The summed E-state index contributed by atoms with van der Waals surface area (Å²) in [5.41, 5.74) is -0.381. The first-order valence-electron chi connectivity index (χ1n) is 6.33. The molecule has 0 aliphatic carbocycles. The zero-order valence-electron chi connectivity index (χ0n) is 12.6. The van der Waals surface area contributed by atoms with E-state index in [9.17, 15) is 10.4 Å². The summed E-state index contributed by atoms with van der Waals surface area (Å²) in [6.07, 6.45) is 12.5. The number of rotatable bonds is 3. The van der Waals surface area contributed by atoms with Crippen LogP contribution in [0.25, 0.3) is 0 Å². The molecule has 0 saturated heterocycles. The molecule has 0 radical (unpaired) electrons. The molecular formula is C14H6N8O2S2. The van der Waals surface area contributed by atoms with Gasteiger partial charge in [-0.25, -0.2) is 9.97 Å². The molecule has 0 atom stereocenters. The Morgan fingerprint density at radius 1 is 0.885 bits per heavy atom. The van der Waals surface area contributed by atoms with Crippen LogP contribution >= 0.6 is 21.6 Å². The minimum atomic E-state index is -0.166. The molecule has 2 rings (SSSR count). The molecule has 0 bridgehead atoms. The van der Waals surface area contributed by atoms with Gasteiger partial charge in [-0.1, -0.05) is 12.8 Å². The van der Waals surface area contributed by atoms with Crippen molar-refractivity contribution in [3.63, 3.8) is 0 Å². The maximum Gasteiger partial charge on any atom is 0.216 e. The first-order chi connectivity index (χ1) is 12.6. The van der Waals surface area contributed by atoms with Crippen LogP contribution in [-0.4, -0.2) is 29.8 Å². The molecule has 2 N–H and O–H groups in total. The smallest absolute Gasteiger partial charge is 0.216 e. The maximum atomic E-state index is 10.1. The lowest BCUT2D eigenvalue weighted by molar-refractivity contribution is 0.139. The summed E-state index contributed by atoms with van der Waals surface area (Å²) in [6, 6.07) is 7.55. The Balaban J connectivity index is 2.44. The number of nitrogens with zero attached hydrogens (tertiary/aromatic N) is 8. The maximum absolute atomic E-state index is 10.1. The second-order valence-corrected chi connectivity index (χ2v) is 6.12. The van der Waals surface area contributed by atoms with Crippen molar-refractivity contribution in [3.8, 4) is 37.1 Å². The van der Waals surface area contributed by atoms with Gasteiger partial charge in [0.1, 0.15) is 23.3 Å². The standard InChI is InChI=1S/C14H6N8O2S2/c1-3-17-11-9(5-15)7-19-13(21(11)23)25-26-14-20-8-10(6-16)12(18-4-2)22(14)24/h1-2,7-8,23-24H. The van der Waals surface area contributed by atoms with E-state index < -0.39 is 0 Å². The molecular weight excluding hydrogens is 376 g/mol. The van der Waals surface area contributed by atoms with Crippen molar-refractivity contribution in [2.45, 2.75) is 10.3 Å². The summed E-state index contributed by atoms with van der Waals surface area (Å²) in [5, 5.41) is 38.2. The van der Waals surface area contributed by atoms with Crippen LogP contribution in [0.4, 0.5) is 0 Å². The van der Waals surface area contributed by atoms with Gasteiger partial charge in [-0.05, 0) is 21.6 Å². The van der Waals surface area contributed by atoms with Crippen molar-refractivity contribution >= 4 is 21.6 Å². The van der Waals surface area contributed by atoms with Crippen molar-refractivity contribution in [1.29, 1.82) is 10.5 Å². The largest absolute Gasteiger partial charge is 0.424 e. The molecule has 2 heterocycles. The molecule has 126 valence electrons. The summed E-state index contributed by atoms with van der Waals surface area (Å²) in [5.74, 6) is 0. The van der Waals surface area contributed by atoms with Crippen LogP contribution in [-0.2, 0) is 0 Å². The fourth-order valence-corrected chi connectivity index (χ4v) is 3.34. The highest BCUT2D eigenvalue weighted by Crippen LogP contribution is 2.33. The molecule has 12 heteroatoms. The number of terminal acetylenes is 2. The molecule has 0 aliphatic rings. The highest BCUT2D eigenvalue weighted by molar-refractivity contribution is 8.76. The van der Waals surface area contributed by atoms with Crippen LogP contribution in [0.2, 0.25) is 0 Å².